The van der Waals surface area contributed by atoms with Crippen LogP contribution in [0.3, 0.4) is 0 Å². The van der Waals surface area contributed by atoms with Crippen LogP contribution in [0.25, 0.3) is 11.8 Å². The number of nitrogens with one attached hydrogen (secondary N) is 1. The van der Waals surface area contributed by atoms with E-state index in [0.29, 0.717) is 5.82 Å². The minimum atomic E-state index is -0.666. The van der Waals surface area contributed by atoms with Gasteiger partial charge in [0.25, 0.3) is 5.95 Å². The lowest BCUT2D eigenvalue weighted by atomic mass is 10.4. The van der Waals surface area contributed by atoms with E-state index in [1.165, 1.54) is 34.2 Å². The molecule has 4 aromatic heterocycles. The van der Waals surface area contributed by atoms with Crippen LogP contribution in [0.5, 0.6) is 0 Å². The Hall–Kier alpha value is -3.69. The summed E-state index contributed by atoms with van der Waals surface area (Å²) in [4.78, 5) is 16.4. The van der Waals surface area contributed by atoms with Gasteiger partial charge in [0.2, 0.25) is 5.82 Å². The van der Waals surface area contributed by atoms with Crippen LogP contribution in [0, 0.1) is 5.82 Å². The van der Waals surface area contributed by atoms with E-state index in [1.54, 1.807) is 30.7 Å². The molecule has 0 aromatic carbocycles. The highest BCUT2D eigenvalue weighted by atomic mass is 19.1. The Kier molecular flexibility index (Phi) is 3.39. The average Bonchev–Trinajstić information content (AvgIpc) is 3.31. The Morgan fingerprint density at radius 1 is 0.917 bits per heavy atom. The van der Waals surface area contributed by atoms with Crippen molar-refractivity contribution in [3.05, 3.63) is 61.3 Å². The first-order valence-electron chi connectivity index (χ1n) is 6.92. The Morgan fingerprint density at radius 2 is 1.71 bits per heavy atom. The summed E-state index contributed by atoms with van der Waals surface area (Å²) in [5.41, 5.74) is 0. The zero-order chi connectivity index (χ0) is 16.4. The zero-order valence-electron chi connectivity index (χ0n) is 12.2. The van der Waals surface area contributed by atoms with E-state index in [2.05, 4.69) is 35.5 Å². The van der Waals surface area contributed by atoms with E-state index in [4.69, 9.17) is 0 Å². The largest absolute Gasteiger partial charge is 0.321 e. The molecule has 0 fully saturated rings. The highest BCUT2D eigenvalue weighted by Gasteiger charge is 2.18. The lowest BCUT2D eigenvalue weighted by Crippen LogP contribution is -2.12. The van der Waals surface area contributed by atoms with Gasteiger partial charge in [0.1, 0.15) is 5.82 Å². The van der Waals surface area contributed by atoms with Gasteiger partial charge in [-0.25, -0.2) is 14.3 Å². The molecule has 4 rings (SSSR count). The van der Waals surface area contributed by atoms with Gasteiger partial charge in [-0.2, -0.15) is 24.6 Å². The Labute approximate surface area is 134 Å². The molecular formula is C14H10FN9. The first-order chi connectivity index (χ1) is 11.8. The molecule has 9 nitrogen and oxygen atoms in total. The van der Waals surface area contributed by atoms with E-state index in [0.717, 1.165) is 0 Å². The third-order valence-electron chi connectivity index (χ3n) is 3.06. The van der Waals surface area contributed by atoms with Crippen LogP contribution in [-0.4, -0.2) is 39.5 Å². The molecule has 24 heavy (non-hydrogen) atoms. The second-order valence-corrected chi connectivity index (χ2v) is 4.63. The number of rotatable bonds is 4. The highest BCUT2D eigenvalue weighted by molar-refractivity contribution is 5.55. The van der Waals surface area contributed by atoms with Gasteiger partial charge in [0.05, 0.1) is 6.20 Å². The number of nitrogens with zero attached hydrogens (tertiary/aromatic N) is 8. The SMILES string of the molecule is Fc1c(Nc2cnccn2)nc(-n2cccn2)nc1-n1cccn1. The van der Waals surface area contributed by atoms with Gasteiger partial charge in [0, 0.05) is 37.2 Å². The molecule has 0 aliphatic carbocycles. The summed E-state index contributed by atoms with van der Waals surface area (Å²) in [6, 6.07) is 3.39. The third-order valence-corrected chi connectivity index (χ3v) is 3.06. The Balaban J connectivity index is 1.85. The predicted molar refractivity (Wildman–Crippen MR) is 81.5 cm³/mol. The van der Waals surface area contributed by atoms with Crippen LogP contribution in [0.15, 0.2) is 55.5 Å². The van der Waals surface area contributed by atoms with E-state index >= 15 is 0 Å². The molecule has 4 heterocycles. The van der Waals surface area contributed by atoms with Crippen LogP contribution in [0.2, 0.25) is 0 Å². The fourth-order valence-corrected chi connectivity index (χ4v) is 2.03. The van der Waals surface area contributed by atoms with Crippen molar-refractivity contribution < 1.29 is 4.39 Å². The molecule has 0 saturated carbocycles. The van der Waals surface area contributed by atoms with Crippen LogP contribution >= 0.6 is 0 Å². The molecular weight excluding hydrogens is 313 g/mol. The van der Waals surface area contributed by atoms with Crippen molar-refractivity contribution in [1.29, 1.82) is 0 Å². The molecule has 0 aliphatic rings. The summed E-state index contributed by atoms with van der Waals surface area (Å²) in [5, 5.41) is 10.9. The molecule has 0 amide bonds. The van der Waals surface area contributed by atoms with Gasteiger partial charge in [-0.1, -0.05) is 0 Å². The molecule has 0 bridgehead atoms. The number of halogens is 1. The smallest absolute Gasteiger partial charge is 0.254 e. The third kappa shape index (κ3) is 2.56. The van der Waals surface area contributed by atoms with Crippen LogP contribution in [0.1, 0.15) is 0 Å². The molecule has 1 N–H and O–H groups in total. The molecule has 118 valence electrons. The van der Waals surface area contributed by atoms with E-state index < -0.39 is 5.82 Å². The monoisotopic (exact) mass is 323 g/mol. The van der Waals surface area contributed by atoms with Crippen molar-refractivity contribution in [2.75, 3.05) is 5.32 Å². The fourth-order valence-electron chi connectivity index (χ4n) is 2.03. The second-order valence-electron chi connectivity index (χ2n) is 4.63. The molecule has 0 aliphatic heterocycles. The number of aromatic nitrogens is 8. The summed E-state index contributed by atoms with van der Waals surface area (Å²) in [6.07, 6.45) is 10.8. The van der Waals surface area contributed by atoms with Crippen LogP contribution in [-0.2, 0) is 0 Å². The molecule has 4 aromatic rings. The summed E-state index contributed by atoms with van der Waals surface area (Å²) in [6.45, 7) is 0. The van der Waals surface area contributed by atoms with Crippen molar-refractivity contribution in [2.45, 2.75) is 0 Å². The van der Waals surface area contributed by atoms with Crippen molar-refractivity contribution in [2.24, 2.45) is 0 Å². The second kappa shape index (κ2) is 5.83. The van der Waals surface area contributed by atoms with Gasteiger partial charge >= 0.3 is 0 Å². The molecule has 0 spiro atoms. The maximum atomic E-state index is 14.8. The van der Waals surface area contributed by atoms with E-state index in [1.807, 2.05) is 0 Å². The number of hydrogen-bond donors (Lipinski definition) is 1. The number of hydrogen-bond acceptors (Lipinski definition) is 7. The fraction of sp³-hybridized carbons (Fsp3) is 0. The lowest BCUT2D eigenvalue weighted by molar-refractivity contribution is 0.592. The summed E-state index contributed by atoms with van der Waals surface area (Å²) in [5.74, 6) is -0.181. The lowest BCUT2D eigenvalue weighted by Gasteiger charge is -2.11. The summed E-state index contributed by atoms with van der Waals surface area (Å²) in [7, 11) is 0. The van der Waals surface area contributed by atoms with E-state index in [-0.39, 0.29) is 17.6 Å². The first-order valence-corrected chi connectivity index (χ1v) is 6.92. The van der Waals surface area contributed by atoms with Crippen molar-refractivity contribution >= 4 is 11.6 Å². The quantitative estimate of drug-likeness (QED) is 0.608. The van der Waals surface area contributed by atoms with Gasteiger partial charge in [-0.3, -0.25) is 4.98 Å². The van der Waals surface area contributed by atoms with Gasteiger partial charge in [-0.15, -0.1) is 0 Å². The first kappa shape index (κ1) is 13.9. The summed E-state index contributed by atoms with van der Waals surface area (Å²) < 4.78 is 17.6. The van der Waals surface area contributed by atoms with Crippen molar-refractivity contribution in [3.63, 3.8) is 0 Å². The topological polar surface area (TPSA) is 99.2 Å². The molecule has 0 unspecified atom stereocenters. The zero-order valence-corrected chi connectivity index (χ0v) is 12.2. The Bertz CT molecular complexity index is 936. The summed E-state index contributed by atoms with van der Waals surface area (Å²) >= 11 is 0. The maximum Gasteiger partial charge on any atom is 0.254 e. The predicted octanol–water partition coefficient (Wildman–Crippen LogP) is 1.52. The average molecular weight is 323 g/mol. The minimum absolute atomic E-state index is 0.00751. The molecule has 0 atom stereocenters. The van der Waals surface area contributed by atoms with E-state index in [9.17, 15) is 4.39 Å². The Morgan fingerprint density at radius 3 is 2.38 bits per heavy atom. The number of anilines is 2. The minimum Gasteiger partial charge on any atom is -0.321 e. The van der Waals surface area contributed by atoms with Crippen LogP contribution in [0.4, 0.5) is 16.0 Å². The van der Waals surface area contributed by atoms with Crippen molar-refractivity contribution in [1.82, 2.24) is 39.5 Å². The van der Waals surface area contributed by atoms with Gasteiger partial charge in [-0.05, 0) is 12.1 Å². The molecule has 10 heteroatoms. The normalized spacial score (nSPS) is 10.7. The van der Waals surface area contributed by atoms with Gasteiger partial charge in [0.15, 0.2) is 11.6 Å². The molecule has 0 radical (unpaired) electrons. The highest BCUT2D eigenvalue weighted by Crippen LogP contribution is 2.21. The molecule has 0 saturated heterocycles. The standard InChI is InChI=1S/C14H10FN9/c15-11-12(20-10-9-16-5-6-17-10)21-14(24-8-2-4-19-24)22-13(11)23-7-1-3-18-23/h1-9H,(H,17,20,21,22). The van der Waals surface area contributed by atoms with Crippen molar-refractivity contribution in [3.8, 4) is 11.8 Å². The van der Waals surface area contributed by atoms with Crippen LogP contribution < -0.4 is 5.32 Å². The maximum absolute atomic E-state index is 14.8. The van der Waals surface area contributed by atoms with Gasteiger partial charge < -0.3 is 5.32 Å².